The minimum absolute atomic E-state index is 0.0268. The molecule has 98 valence electrons. The summed E-state index contributed by atoms with van der Waals surface area (Å²) in [6.45, 7) is 2.12. The molecule has 0 bridgehead atoms. The van der Waals surface area contributed by atoms with E-state index < -0.39 is 0 Å². The predicted octanol–water partition coefficient (Wildman–Crippen LogP) is 2.49. The topological polar surface area (TPSA) is 40.5 Å². The maximum absolute atomic E-state index is 12.1. The van der Waals surface area contributed by atoms with Crippen LogP contribution >= 0.6 is 23.2 Å². The molecule has 0 aromatic heterocycles. The zero-order valence-electron chi connectivity index (χ0n) is 9.90. The second kappa shape index (κ2) is 6.02. The van der Waals surface area contributed by atoms with E-state index in [0.717, 1.165) is 19.5 Å². The van der Waals surface area contributed by atoms with Crippen LogP contribution in [0.25, 0.3) is 0 Å². The van der Waals surface area contributed by atoms with Crippen molar-refractivity contribution in [3.63, 3.8) is 0 Å². The first kappa shape index (κ1) is 13.8. The summed E-state index contributed by atoms with van der Waals surface area (Å²) >= 11 is 11.9. The number of aliphatic hydroxyl groups is 1. The average molecular weight is 288 g/mol. The van der Waals surface area contributed by atoms with Crippen molar-refractivity contribution in [2.75, 3.05) is 26.2 Å². The number of Topliss-reactive ketones (excluding diaryl/α,β-unsaturated/α-hetero) is 1. The van der Waals surface area contributed by atoms with Crippen molar-refractivity contribution in [3.05, 3.63) is 33.8 Å². The third kappa shape index (κ3) is 3.23. The molecule has 1 aliphatic heterocycles. The molecule has 18 heavy (non-hydrogen) atoms. The lowest BCUT2D eigenvalue weighted by Gasteiger charge is -2.15. The van der Waals surface area contributed by atoms with Crippen LogP contribution in [0.2, 0.25) is 10.0 Å². The zero-order valence-corrected chi connectivity index (χ0v) is 11.4. The molecule has 1 atom stereocenters. The van der Waals surface area contributed by atoms with Gasteiger partial charge in [0, 0.05) is 23.7 Å². The fourth-order valence-corrected chi connectivity index (χ4v) is 2.60. The van der Waals surface area contributed by atoms with Crippen molar-refractivity contribution < 1.29 is 9.90 Å². The molecule has 0 amide bonds. The molecule has 1 heterocycles. The maximum Gasteiger partial charge on any atom is 0.178 e. The van der Waals surface area contributed by atoms with E-state index in [1.807, 2.05) is 4.90 Å². The van der Waals surface area contributed by atoms with Crippen molar-refractivity contribution >= 4 is 29.0 Å². The van der Waals surface area contributed by atoms with Crippen LogP contribution in [0.3, 0.4) is 0 Å². The molecule has 1 aromatic rings. The Hall–Kier alpha value is -0.610. The van der Waals surface area contributed by atoms with E-state index in [1.165, 1.54) is 0 Å². The lowest BCUT2D eigenvalue weighted by Crippen LogP contribution is -2.28. The van der Waals surface area contributed by atoms with Gasteiger partial charge in [0.25, 0.3) is 0 Å². The van der Waals surface area contributed by atoms with Crippen molar-refractivity contribution in [2.45, 2.75) is 6.42 Å². The Morgan fingerprint density at radius 3 is 2.89 bits per heavy atom. The molecule has 1 aromatic carbocycles. The fraction of sp³-hybridized carbons (Fsp3) is 0.462. The minimum Gasteiger partial charge on any atom is -0.396 e. The Morgan fingerprint density at radius 1 is 1.44 bits per heavy atom. The summed E-state index contributed by atoms with van der Waals surface area (Å²) < 4.78 is 0. The number of aliphatic hydroxyl groups excluding tert-OH is 1. The van der Waals surface area contributed by atoms with Gasteiger partial charge in [-0.15, -0.1) is 0 Å². The molecular formula is C13H15Cl2NO2. The van der Waals surface area contributed by atoms with Crippen LogP contribution in [-0.2, 0) is 0 Å². The monoisotopic (exact) mass is 287 g/mol. The number of hydrogen-bond acceptors (Lipinski definition) is 3. The smallest absolute Gasteiger partial charge is 0.178 e. The van der Waals surface area contributed by atoms with Crippen LogP contribution in [0, 0.1) is 5.92 Å². The molecule has 0 saturated carbocycles. The first-order valence-corrected chi connectivity index (χ1v) is 6.67. The summed E-state index contributed by atoms with van der Waals surface area (Å²) in [4.78, 5) is 14.2. The van der Waals surface area contributed by atoms with Crippen molar-refractivity contribution in [3.8, 4) is 0 Å². The van der Waals surface area contributed by atoms with Gasteiger partial charge in [0.1, 0.15) is 0 Å². The predicted molar refractivity (Wildman–Crippen MR) is 72.4 cm³/mol. The van der Waals surface area contributed by atoms with Crippen LogP contribution in [0.5, 0.6) is 0 Å². The molecular weight excluding hydrogens is 273 g/mol. The Bertz CT molecular complexity index is 451. The van der Waals surface area contributed by atoms with E-state index in [-0.39, 0.29) is 18.3 Å². The molecule has 1 N–H and O–H groups in total. The Balaban J connectivity index is 2.02. The summed E-state index contributed by atoms with van der Waals surface area (Å²) in [6.07, 6.45) is 0.938. The van der Waals surface area contributed by atoms with E-state index in [0.29, 0.717) is 22.2 Å². The molecule has 2 rings (SSSR count). The highest BCUT2D eigenvalue weighted by atomic mass is 35.5. The average Bonchev–Trinajstić information content (AvgIpc) is 2.80. The van der Waals surface area contributed by atoms with E-state index in [2.05, 4.69) is 0 Å². The van der Waals surface area contributed by atoms with Gasteiger partial charge >= 0.3 is 0 Å². The van der Waals surface area contributed by atoms with Gasteiger partial charge in [-0.05, 0) is 37.1 Å². The van der Waals surface area contributed by atoms with E-state index in [9.17, 15) is 4.79 Å². The summed E-state index contributed by atoms with van der Waals surface area (Å²) in [5.41, 5.74) is 0.469. The number of nitrogens with zero attached hydrogens (tertiary/aromatic N) is 1. The van der Waals surface area contributed by atoms with Gasteiger partial charge in [-0.25, -0.2) is 0 Å². The number of carbonyl (C=O) groups is 1. The highest BCUT2D eigenvalue weighted by Gasteiger charge is 2.24. The lowest BCUT2D eigenvalue weighted by molar-refractivity contribution is 0.0940. The van der Waals surface area contributed by atoms with Gasteiger partial charge in [-0.3, -0.25) is 9.69 Å². The largest absolute Gasteiger partial charge is 0.396 e. The molecule has 0 radical (unpaired) electrons. The number of rotatable bonds is 4. The van der Waals surface area contributed by atoms with Crippen molar-refractivity contribution in [1.29, 1.82) is 0 Å². The molecule has 0 aliphatic carbocycles. The van der Waals surface area contributed by atoms with Crippen LogP contribution in [0.4, 0.5) is 0 Å². The second-order valence-electron chi connectivity index (χ2n) is 4.62. The van der Waals surface area contributed by atoms with Crippen molar-refractivity contribution in [2.24, 2.45) is 5.92 Å². The molecule has 1 fully saturated rings. The maximum atomic E-state index is 12.1. The molecule has 0 spiro atoms. The standard InChI is InChI=1S/C13H15Cl2NO2/c14-10-1-2-12(15)11(5-10)13(18)7-16-4-3-9(6-16)8-17/h1-2,5,9,17H,3-4,6-8H2. The lowest BCUT2D eigenvalue weighted by atomic mass is 10.1. The highest BCUT2D eigenvalue weighted by molar-refractivity contribution is 6.36. The zero-order chi connectivity index (χ0) is 13.1. The number of ketones is 1. The number of benzene rings is 1. The number of likely N-dealkylation sites (tertiary alicyclic amines) is 1. The van der Waals surface area contributed by atoms with Crippen molar-refractivity contribution in [1.82, 2.24) is 4.90 Å². The van der Waals surface area contributed by atoms with Crippen LogP contribution < -0.4 is 0 Å². The Kier molecular flexibility index (Phi) is 4.62. The van der Waals surface area contributed by atoms with Gasteiger partial charge in [0.15, 0.2) is 5.78 Å². The van der Waals surface area contributed by atoms with Gasteiger partial charge in [0.05, 0.1) is 11.6 Å². The van der Waals surface area contributed by atoms with Gasteiger partial charge in [-0.1, -0.05) is 23.2 Å². The molecule has 1 unspecified atom stereocenters. The molecule has 1 aliphatic rings. The number of hydrogen-bond donors (Lipinski definition) is 1. The number of halogens is 2. The molecule has 1 saturated heterocycles. The fourth-order valence-electron chi connectivity index (χ4n) is 2.20. The number of carbonyl (C=O) groups excluding carboxylic acids is 1. The SMILES string of the molecule is O=C(CN1CCC(CO)C1)c1cc(Cl)ccc1Cl. The summed E-state index contributed by atoms with van der Waals surface area (Å²) in [5, 5.41) is 10.0. The van der Waals surface area contributed by atoms with Crippen LogP contribution in [0.1, 0.15) is 16.8 Å². The quantitative estimate of drug-likeness (QED) is 0.865. The van der Waals surface area contributed by atoms with Gasteiger partial charge in [0.2, 0.25) is 0 Å². The van der Waals surface area contributed by atoms with Gasteiger partial charge in [-0.2, -0.15) is 0 Å². The Labute approximate surface area is 116 Å². The van der Waals surface area contributed by atoms with Crippen LogP contribution in [0.15, 0.2) is 18.2 Å². The summed E-state index contributed by atoms with van der Waals surface area (Å²) in [6, 6.07) is 4.90. The third-order valence-electron chi connectivity index (χ3n) is 3.22. The first-order chi connectivity index (χ1) is 8.60. The summed E-state index contributed by atoms with van der Waals surface area (Å²) in [5.74, 6) is 0.258. The molecule has 5 heteroatoms. The van der Waals surface area contributed by atoms with Gasteiger partial charge < -0.3 is 5.11 Å². The first-order valence-electron chi connectivity index (χ1n) is 5.91. The van der Waals surface area contributed by atoms with E-state index >= 15 is 0 Å². The summed E-state index contributed by atoms with van der Waals surface area (Å²) in [7, 11) is 0. The highest BCUT2D eigenvalue weighted by Crippen LogP contribution is 2.22. The van der Waals surface area contributed by atoms with E-state index in [4.69, 9.17) is 28.3 Å². The third-order valence-corrected chi connectivity index (χ3v) is 3.79. The Morgan fingerprint density at radius 2 is 2.22 bits per heavy atom. The van der Waals surface area contributed by atoms with Crippen LogP contribution in [-0.4, -0.2) is 42.0 Å². The molecule has 3 nitrogen and oxygen atoms in total. The second-order valence-corrected chi connectivity index (χ2v) is 5.46. The normalized spacial score (nSPS) is 20.3. The van der Waals surface area contributed by atoms with E-state index in [1.54, 1.807) is 18.2 Å². The minimum atomic E-state index is -0.0268.